The summed E-state index contributed by atoms with van der Waals surface area (Å²) in [4.78, 5) is 25.5. The van der Waals surface area contributed by atoms with E-state index in [0.717, 1.165) is 24.3 Å². The average molecular weight is 272 g/mol. The van der Waals surface area contributed by atoms with Gasteiger partial charge in [0.25, 0.3) is 5.91 Å². The Kier molecular flexibility index (Phi) is 4.17. The molecule has 1 spiro atoms. The molecule has 6 heteroatoms. The molecule has 0 saturated carbocycles. The summed E-state index contributed by atoms with van der Waals surface area (Å²) in [7, 11) is 0. The van der Waals surface area contributed by atoms with Crippen molar-refractivity contribution >= 4 is 23.7 Å². The number of imide groups is 1. The number of nitrogens with zero attached hydrogens (tertiary/aromatic N) is 1. The molecule has 2 saturated heterocycles. The van der Waals surface area contributed by atoms with E-state index in [9.17, 15) is 9.59 Å². The van der Waals surface area contributed by atoms with E-state index in [-0.39, 0.29) is 18.0 Å². The van der Waals surface area contributed by atoms with Gasteiger partial charge in [0.15, 0.2) is 0 Å². The van der Waals surface area contributed by atoms with Crippen molar-refractivity contribution in [2.75, 3.05) is 24.7 Å². The molecule has 0 unspecified atom stereocenters. The number of amides is 3. The fourth-order valence-electron chi connectivity index (χ4n) is 2.32. The SMILES string of the molecule is CC(C)OCCN1C(=O)NC2(CCSCC2)C1=O. The Hall–Kier alpha value is -0.750. The lowest BCUT2D eigenvalue weighted by molar-refractivity contribution is -0.132. The molecule has 3 amide bonds. The number of ether oxygens (including phenoxy) is 1. The van der Waals surface area contributed by atoms with Gasteiger partial charge in [-0.05, 0) is 38.2 Å². The van der Waals surface area contributed by atoms with Crippen LogP contribution in [0.3, 0.4) is 0 Å². The van der Waals surface area contributed by atoms with E-state index in [0.29, 0.717) is 13.2 Å². The molecule has 2 heterocycles. The maximum absolute atomic E-state index is 12.3. The molecule has 102 valence electrons. The summed E-state index contributed by atoms with van der Waals surface area (Å²) < 4.78 is 5.40. The van der Waals surface area contributed by atoms with Crippen LogP contribution in [0.1, 0.15) is 26.7 Å². The predicted octanol–water partition coefficient (Wildman–Crippen LogP) is 1.23. The maximum Gasteiger partial charge on any atom is 0.325 e. The molecule has 5 nitrogen and oxygen atoms in total. The van der Waals surface area contributed by atoms with Crippen molar-refractivity contribution in [3.05, 3.63) is 0 Å². The van der Waals surface area contributed by atoms with Gasteiger partial charge in [-0.1, -0.05) is 0 Å². The average Bonchev–Trinajstić information content (AvgIpc) is 2.54. The maximum atomic E-state index is 12.3. The Labute approximate surface area is 112 Å². The van der Waals surface area contributed by atoms with Crippen LogP contribution in [0, 0.1) is 0 Å². The lowest BCUT2D eigenvalue weighted by atomic mass is 9.92. The minimum Gasteiger partial charge on any atom is -0.377 e. The van der Waals surface area contributed by atoms with Crippen LogP contribution < -0.4 is 5.32 Å². The standard InChI is InChI=1S/C12H20N2O3S/c1-9(2)17-6-5-14-10(15)12(13-11(14)16)3-7-18-8-4-12/h9H,3-8H2,1-2H3,(H,13,16). The third-order valence-electron chi connectivity index (χ3n) is 3.36. The van der Waals surface area contributed by atoms with Crippen molar-refractivity contribution < 1.29 is 14.3 Å². The summed E-state index contributed by atoms with van der Waals surface area (Å²) in [5, 5.41) is 2.88. The number of carbonyl (C=O) groups is 2. The third-order valence-corrected chi connectivity index (χ3v) is 4.34. The zero-order valence-corrected chi connectivity index (χ0v) is 11.7. The quantitative estimate of drug-likeness (QED) is 0.782. The number of urea groups is 1. The molecule has 0 atom stereocenters. The predicted molar refractivity (Wildman–Crippen MR) is 70.6 cm³/mol. The molecule has 0 aliphatic carbocycles. The summed E-state index contributed by atoms with van der Waals surface area (Å²) in [5.74, 6) is 1.80. The van der Waals surface area contributed by atoms with Crippen LogP contribution >= 0.6 is 11.8 Å². The Morgan fingerprint density at radius 3 is 2.67 bits per heavy atom. The summed E-state index contributed by atoms with van der Waals surface area (Å²) in [6, 6.07) is -0.265. The van der Waals surface area contributed by atoms with Crippen LogP contribution in [0.5, 0.6) is 0 Å². The van der Waals surface area contributed by atoms with E-state index >= 15 is 0 Å². The van der Waals surface area contributed by atoms with Gasteiger partial charge in [-0.3, -0.25) is 9.69 Å². The minimum atomic E-state index is -0.625. The first kappa shape index (κ1) is 13.7. The molecule has 0 aromatic carbocycles. The zero-order valence-electron chi connectivity index (χ0n) is 10.9. The lowest BCUT2D eigenvalue weighted by Crippen LogP contribution is -2.49. The smallest absolute Gasteiger partial charge is 0.325 e. The fourth-order valence-corrected chi connectivity index (χ4v) is 3.51. The first-order valence-electron chi connectivity index (χ1n) is 6.39. The second kappa shape index (κ2) is 5.48. The molecule has 2 aliphatic heterocycles. The van der Waals surface area contributed by atoms with Crippen LogP contribution in [0.25, 0.3) is 0 Å². The Morgan fingerprint density at radius 2 is 2.06 bits per heavy atom. The molecule has 2 rings (SSSR count). The second-order valence-corrected chi connectivity index (χ2v) is 6.23. The van der Waals surface area contributed by atoms with E-state index in [1.165, 1.54) is 4.90 Å². The molecular formula is C12H20N2O3S. The van der Waals surface area contributed by atoms with E-state index in [1.807, 2.05) is 25.6 Å². The molecule has 1 N–H and O–H groups in total. The summed E-state index contributed by atoms with van der Waals surface area (Å²) in [6.07, 6.45) is 1.60. The number of rotatable bonds is 4. The summed E-state index contributed by atoms with van der Waals surface area (Å²) in [5.41, 5.74) is -0.625. The normalized spacial score (nSPS) is 22.9. The summed E-state index contributed by atoms with van der Waals surface area (Å²) >= 11 is 1.84. The van der Waals surface area contributed by atoms with Gasteiger partial charge in [-0.2, -0.15) is 11.8 Å². The van der Waals surface area contributed by atoms with Gasteiger partial charge in [0.05, 0.1) is 19.3 Å². The molecule has 0 radical (unpaired) electrons. The van der Waals surface area contributed by atoms with Gasteiger partial charge in [0.1, 0.15) is 5.54 Å². The van der Waals surface area contributed by atoms with Crippen LogP contribution in [0.15, 0.2) is 0 Å². The molecule has 0 aromatic rings. The molecule has 2 fully saturated rings. The highest BCUT2D eigenvalue weighted by Crippen LogP contribution is 2.32. The van der Waals surface area contributed by atoms with Gasteiger partial charge in [0.2, 0.25) is 0 Å². The van der Waals surface area contributed by atoms with Crippen molar-refractivity contribution in [1.82, 2.24) is 10.2 Å². The van der Waals surface area contributed by atoms with Gasteiger partial charge in [-0.25, -0.2) is 4.79 Å². The van der Waals surface area contributed by atoms with Gasteiger partial charge in [-0.15, -0.1) is 0 Å². The molecule has 0 bridgehead atoms. The highest BCUT2D eigenvalue weighted by atomic mass is 32.2. The lowest BCUT2D eigenvalue weighted by Gasteiger charge is -2.30. The van der Waals surface area contributed by atoms with Crippen LogP contribution in [0.4, 0.5) is 4.79 Å². The van der Waals surface area contributed by atoms with Crippen molar-refractivity contribution in [2.45, 2.75) is 38.3 Å². The molecular weight excluding hydrogens is 252 g/mol. The first-order valence-corrected chi connectivity index (χ1v) is 7.54. The zero-order chi connectivity index (χ0) is 13.2. The van der Waals surface area contributed by atoms with Crippen LogP contribution in [-0.4, -0.2) is 53.1 Å². The fraction of sp³-hybridized carbons (Fsp3) is 0.833. The first-order chi connectivity index (χ1) is 8.55. The van der Waals surface area contributed by atoms with Crippen molar-refractivity contribution in [1.29, 1.82) is 0 Å². The van der Waals surface area contributed by atoms with Gasteiger partial charge < -0.3 is 10.1 Å². The number of carbonyl (C=O) groups excluding carboxylic acids is 2. The van der Waals surface area contributed by atoms with Gasteiger partial charge >= 0.3 is 6.03 Å². The minimum absolute atomic E-state index is 0.0693. The van der Waals surface area contributed by atoms with Crippen molar-refractivity contribution in [3.63, 3.8) is 0 Å². The molecule has 2 aliphatic rings. The Balaban J connectivity index is 1.96. The highest BCUT2D eigenvalue weighted by molar-refractivity contribution is 7.99. The topological polar surface area (TPSA) is 58.6 Å². The number of nitrogens with one attached hydrogen (secondary N) is 1. The van der Waals surface area contributed by atoms with E-state index < -0.39 is 5.54 Å². The number of hydrogen-bond donors (Lipinski definition) is 1. The van der Waals surface area contributed by atoms with E-state index in [4.69, 9.17) is 4.74 Å². The van der Waals surface area contributed by atoms with Crippen molar-refractivity contribution in [3.8, 4) is 0 Å². The Bertz CT molecular complexity index is 340. The highest BCUT2D eigenvalue weighted by Gasteiger charge is 2.51. The number of thioether (sulfide) groups is 1. The van der Waals surface area contributed by atoms with E-state index in [1.54, 1.807) is 0 Å². The van der Waals surface area contributed by atoms with Gasteiger partial charge in [0, 0.05) is 0 Å². The largest absolute Gasteiger partial charge is 0.377 e. The second-order valence-electron chi connectivity index (χ2n) is 5.00. The third kappa shape index (κ3) is 2.64. The molecule has 18 heavy (non-hydrogen) atoms. The molecule has 0 aromatic heterocycles. The Morgan fingerprint density at radius 1 is 1.39 bits per heavy atom. The van der Waals surface area contributed by atoms with E-state index in [2.05, 4.69) is 5.32 Å². The van der Waals surface area contributed by atoms with Crippen LogP contribution in [-0.2, 0) is 9.53 Å². The number of hydrogen-bond acceptors (Lipinski definition) is 4. The van der Waals surface area contributed by atoms with Crippen LogP contribution in [0.2, 0.25) is 0 Å². The monoisotopic (exact) mass is 272 g/mol. The summed E-state index contributed by atoms with van der Waals surface area (Å²) in [6.45, 7) is 4.62. The van der Waals surface area contributed by atoms with Crippen molar-refractivity contribution in [2.24, 2.45) is 0 Å².